The smallest absolute Gasteiger partial charge is 0.305 e. The number of ether oxygens (including phenoxy) is 1. The molecule has 6 nitrogen and oxygen atoms in total. The summed E-state index contributed by atoms with van der Waals surface area (Å²) in [5.74, 6) is -0.0838. The summed E-state index contributed by atoms with van der Waals surface area (Å²) >= 11 is 0. The van der Waals surface area contributed by atoms with Crippen LogP contribution in [-0.4, -0.2) is 47.4 Å². The van der Waals surface area contributed by atoms with E-state index in [4.69, 9.17) is 4.74 Å². The minimum absolute atomic E-state index is 0.00516. The lowest BCUT2D eigenvalue weighted by Crippen LogP contribution is -2.45. The molecule has 0 saturated heterocycles. The summed E-state index contributed by atoms with van der Waals surface area (Å²) in [6.07, 6.45) is 69.8. The van der Waals surface area contributed by atoms with E-state index < -0.39 is 12.1 Å². The minimum Gasteiger partial charge on any atom is -0.466 e. The van der Waals surface area contributed by atoms with E-state index in [1.165, 1.54) is 205 Å². The Labute approximate surface area is 410 Å². The van der Waals surface area contributed by atoms with Crippen molar-refractivity contribution in [3.05, 3.63) is 48.6 Å². The summed E-state index contributed by atoms with van der Waals surface area (Å²) in [5, 5.41) is 23.0. The molecule has 2 atom stereocenters. The van der Waals surface area contributed by atoms with Crippen molar-refractivity contribution in [3.8, 4) is 0 Å². The highest BCUT2D eigenvalue weighted by molar-refractivity contribution is 5.76. The molecule has 0 aromatic rings. The van der Waals surface area contributed by atoms with E-state index in [1.54, 1.807) is 6.08 Å². The van der Waals surface area contributed by atoms with Gasteiger partial charge in [-0.1, -0.05) is 242 Å². The van der Waals surface area contributed by atoms with Crippen LogP contribution in [0.5, 0.6) is 0 Å². The Bertz CT molecular complexity index is 1110. The molecule has 0 aromatic carbocycles. The topological polar surface area (TPSA) is 95.9 Å². The second-order valence-corrected chi connectivity index (χ2v) is 19.6. The van der Waals surface area contributed by atoms with Crippen LogP contribution in [0.25, 0.3) is 0 Å². The van der Waals surface area contributed by atoms with Gasteiger partial charge >= 0.3 is 5.97 Å². The van der Waals surface area contributed by atoms with Crippen LogP contribution in [0.1, 0.15) is 296 Å². The van der Waals surface area contributed by atoms with E-state index in [2.05, 4.69) is 55.6 Å². The second kappa shape index (κ2) is 55.4. The maximum Gasteiger partial charge on any atom is 0.305 e. The largest absolute Gasteiger partial charge is 0.466 e. The number of hydrogen-bond donors (Lipinski definition) is 3. The monoisotopic (exact) mass is 926 g/mol. The predicted molar refractivity (Wildman–Crippen MR) is 287 cm³/mol. The van der Waals surface area contributed by atoms with Gasteiger partial charge < -0.3 is 20.3 Å². The van der Waals surface area contributed by atoms with Gasteiger partial charge in [0.1, 0.15) is 0 Å². The van der Waals surface area contributed by atoms with Gasteiger partial charge in [0.05, 0.1) is 25.4 Å². The van der Waals surface area contributed by atoms with Gasteiger partial charge in [0.15, 0.2) is 0 Å². The molecule has 1 amide bonds. The van der Waals surface area contributed by atoms with Crippen molar-refractivity contribution in [2.45, 2.75) is 309 Å². The number of hydrogen-bond acceptors (Lipinski definition) is 5. The molecule has 3 N–H and O–H groups in total. The maximum absolute atomic E-state index is 12.4. The Morgan fingerprint density at radius 2 is 0.758 bits per heavy atom. The number of carbonyl (C=O) groups excluding carboxylic acids is 2. The molecule has 0 aromatic heterocycles. The first-order valence-corrected chi connectivity index (χ1v) is 28.9. The van der Waals surface area contributed by atoms with E-state index in [0.717, 1.165) is 64.2 Å². The molecule has 0 aliphatic carbocycles. The van der Waals surface area contributed by atoms with Gasteiger partial charge in [-0.25, -0.2) is 0 Å². The van der Waals surface area contributed by atoms with E-state index in [9.17, 15) is 19.8 Å². The second-order valence-electron chi connectivity index (χ2n) is 19.6. The van der Waals surface area contributed by atoms with Crippen molar-refractivity contribution < 1.29 is 24.5 Å². The van der Waals surface area contributed by atoms with Crippen LogP contribution >= 0.6 is 0 Å². The van der Waals surface area contributed by atoms with Crippen molar-refractivity contribution in [1.82, 2.24) is 5.32 Å². The van der Waals surface area contributed by atoms with Gasteiger partial charge in [-0.15, -0.1) is 0 Å². The first-order valence-electron chi connectivity index (χ1n) is 28.9. The van der Waals surface area contributed by atoms with E-state index in [1.807, 2.05) is 6.08 Å². The molecule has 0 radical (unpaired) electrons. The van der Waals surface area contributed by atoms with Crippen molar-refractivity contribution in [2.24, 2.45) is 0 Å². The number of carbonyl (C=O) groups is 2. The van der Waals surface area contributed by atoms with Gasteiger partial charge in [-0.05, 0) is 89.9 Å². The molecule has 0 saturated carbocycles. The lowest BCUT2D eigenvalue weighted by molar-refractivity contribution is -0.143. The molecule has 0 spiro atoms. The van der Waals surface area contributed by atoms with Crippen molar-refractivity contribution in [3.63, 3.8) is 0 Å². The Kier molecular flexibility index (Phi) is 53.6. The Morgan fingerprint density at radius 3 is 1.20 bits per heavy atom. The van der Waals surface area contributed by atoms with Crippen LogP contribution in [0, 0.1) is 0 Å². The van der Waals surface area contributed by atoms with Crippen LogP contribution < -0.4 is 5.32 Å². The molecule has 0 aliphatic heterocycles. The van der Waals surface area contributed by atoms with Gasteiger partial charge in [0.25, 0.3) is 0 Å². The van der Waals surface area contributed by atoms with Gasteiger partial charge in [-0.2, -0.15) is 0 Å². The van der Waals surface area contributed by atoms with E-state index in [-0.39, 0.29) is 18.5 Å². The molecule has 0 fully saturated rings. The molecule has 386 valence electrons. The van der Waals surface area contributed by atoms with Gasteiger partial charge in [-0.3, -0.25) is 9.59 Å². The number of aliphatic hydroxyl groups is 2. The van der Waals surface area contributed by atoms with Crippen LogP contribution in [0.2, 0.25) is 0 Å². The zero-order valence-corrected chi connectivity index (χ0v) is 43.9. The minimum atomic E-state index is -0.851. The molecule has 6 heteroatoms. The first-order chi connectivity index (χ1) is 32.5. The highest BCUT2D eigenvalue weighted by Crippen LogP contribution is 2.15. The summed E-state index contributed by atoms with van der Waals surface area (Å²) in [6.45, 7) is 4.86. The number of esters is 1. The summed E-state index contributed by atoms with van der Waals surface area (Å²) in [4.78, 5) is 24.5. The fraction of sp³-hybridized carbons (Fsp3) is 0.833. The zero-order chi connectivity index (χ0) is 47.9. The molecule has 0 bridgehead atoms. The van der Waals surface area contributed by atoms with E-state index >= 15 is 0 Å². The van der Waals surface area contributed by atoms with E-state index in [0.29, 0.717) is 19.4 Å². The third-order valence-electron chi connectivity index (χ3n) is 13.1. The Hall–Kier alpha value is -2.18. The normalized spacial score (nSPS) is 13.0. The van der Waals surface area contributed by atoms with Gasteiger partial charge in [0, 0.05) is 12.8 Å². The summed E-state index contributed by atoms with van der Waals surface area (Å²) in [5.41, 5.74) is 0. The van der Waals surface area contributed by atoms with Crippen LogP contribution in [-0.2, 0) is 14.3 Å². The molecule has 0 rings (SSSR count). The Morgan fingerprint density at radius 1 is 0.424 bits per heavy atom. The highest BCUT2D eigenvalue weighted by Gasteiger charge is 2.18. The van der Waals surface area contributed by atoms with Crippen LogP contribution in [0.15, 0.2) is 48.6 Å². The van der Waals surface area contributed by atoms with Gasteiger partial charge in [0.2, 0.25) is 5.91 Å². The molecule has 0 heterocycles. The fourth-order valence-electron chi connectivity index (χ4n) is 8.60. The molecule has 2 unspecified atom stereocenters. The summed E-state index contributed by atoms with van der Waals surface area (Å²) in [6, 6.07) is -0.635. The van der Waals surface area contributed by atoms with Crippen LogP contribution in [0.3, 0.4) is 0 Å². The molecular formula is C60H111NO5. The zero-order valence-electron chi connectivity index (χ0n) is 43.9. The summed E-state index contributed by atoms with van der Waals surface area (Å²) in [7, 11) is 0. The average Bonchev–Trinajstić information content (AvgIpc) is 3.32. The molecule has 66 heavy (non-hydrogen) atoms. The number of amides is 1. The summed E-state index contributed by atoms with van der Waals surface area (Å²) < 4.78 is 5.48. The maximum atomic E-state index is 12.4. The lowest BCUT2D eigenvalue weighted by Gasteiger charge is -2.20. The third kappa shape index (κ3) is 51.2. The highest BCUT2D eigenvalue weighted by atomic mass is 16.5. The van der Waals surface area contributed by atoms with Crippen LogP contribution in [0.4, 0.5) is 0 Å². The predicted octanol–water partition coefficient (Wildman–Crippen LogP) is 17.8. The molecule has 0 aliphatic rings. The van der Waals surface area contributed by atoms with Crippen molar-refractivity contribution in [2.75, 3.05) is 13.2 Å². The Balaban J connectivity index is 3.46. The van der Waals surface area contributed by atoms with Crippen molar-refractivity contribution >= 4 is 11.9 Å². The number of unbranched alkanes of at least 4 members (excludes halogenated alkanes) is 36. The third-order valence-corrected chi connectivity index (χ3v) is 13.1. The first kappa shape index (κ1) is 63.8. The number of aliphatic hydroxyl groups excluding tert-OH is 2. The number of allylic oxidation sites excluding steroid dienone is 7. The fourth-order valence-corrected chi connectivity index (χ4v) is 8.60. The number of nitrogens with one attached hydrogen (secondary N) is 1. The average molecular weight is 927 g/mol. The number of rotatable bonds is 53. The lowest BCUT2D eigenvalue weighted by atomic mass is 10.0. The van der Waals surface area contributed by atoms with Crippen molar-refractivity contribution in [1.29, 1.82) is 0 Å². The SMILES string of the molecule is CCCCC/C=C\C/C=C\CCCCCCCCCC(=O)OCCCCCCCCCC/C=C\CCCCCCCCCC(=O)NC(CO)C(O)/C=C/CCCCCCCCCCCCC. The quantitative estimate of drug-likeness (QED) is 0.0321. The standard InChI is InChI=1S/C60H111NO5/c1-3-5-7-9-11-13-15-17-18-22-26-30-34-38-42-46-50-54-60(65)66-55-51-47-43-39-35-31-27-24-21-19-20-23-25-29-33-37-41-45-49-53-59(64)61-57(56-62)58(63)52-48-44-40-36-32-28-16-14-12-10-8-6-4-2/h11,13,17-20,48,52,57-58,62-63H,3-10,12,14-16,21-47,49-51,53-56H2,1-2H3,(H,61,64)/b13-11-,18-17-,20-19-,52-48+. The molecular weight excluding hydrogens is 815 g/mol.